The summed E-state index contributed by atoms with van der Waals surface area (Å²) in [6.07, 6.45) is -3.50. The zero-order valence-electron chi connectivity index (χ0n) is 17.0. The van der Waals surface area contributed by atoms with Gasteiger partial charge in [-0.25, -0.2) is 18.4 Å². The predicted molar refractivity (Wildman–Crippen MR) is 115 cm³/mol. The number of nitrogens with one attached hydrogen (secondary N) is 1. The molecule has 1 atom stereocenters. The van der Waals surface area contributed by atoms with Gasteiger partial charge in [0.05, 0.1) is 0 Å². The van der Waals surface area contributed by atoms with Crippen LogP contribution in [0, 0.1) is 0 Å². The van der Waals surface area contributed by atoms with Crippen molar-refractivity contribution in [3.05, 3.63) is 95.1 Å². The van der Waals surface area contributed by atoms with E-state index in [0.717, 1.165) is 22.3 Å². The number of amides is 1. The number of carbonyl (C=O) groups excluding carboxylic acids is 1. The van der Waals surface area contributed by atoms with Crippen LogP contribution in [-0.2, 0) is 16.0 Å². The highest BCUT2D eigenvalue weighted by molar-refractivity contribution is 5.81. The van der Waals surface area contributed by atoms with E-state index in [1.54, 1.807) is 0 Å². The summed E-state index contributed by atoms with van der Waals surface area (Å²) in [4.78, 5) is 24.0. The lowest BCUT2D eigenvalue weighted by atomic mass is 9.98. The fourth-order valence-corrected chi connectivity index (χ4v) is 4.02. The highest BCUT2D eigenvalue weighted by Gasteiger charge is 2.29. The first-order valence-corrected chi connectivity index (χ1v) is 10.2. The minimum atomic E-state index is -2.60. The lowest BCUT2D eigenvalue weighted by Gasteiger charge is -2.17. The molecule has 0 spiro atoms. The molecule has 0 heterocycles. The largest absolute Gasteiger partial charge is 0.480 e. The van der Waals surface area contributed by atoms with Crippen LogP contribution in [0.5, 0.6) is 0 Å². The number of aliphatic carboxylic acids is 1. The third-order valence-electron chi connectivity index (χ3n) is 5.61. The van der Waals surface area contributed by atoms with Crippen molar-refractivity contribution in [2.45, 2.75) is 24.8 Å². The summed E-state index contributed by atoms with van der Waals surface area (Å²) in [6, 6.07) is 19.9. The van der Waals surface area contributed by atoms with E-state index in [1.165, 1.54) is 24.3 Å². The molecule has 1 aliphatic carbocycles. The molecule has 4 rings (SSSR count). The molecule has 1 aliphatic rings. The van der Waals surface area contributed by atoms with Crippen LogP contribution in [0.4, 0.5) is 13.6 Å². The lowest BCUT2D eigenvalue weighted by molar-refractivity contribution is -0.139. The van der Waals surface area contributed by atoms with E-state index in [9.17, 15) is 23.5 Å². The average Bonchev–Trinajstić information content (AvgIpc) is 3.11. The molecule has 3 aromatic carbocycles. The van der Waals surface area contributed by atoms with Gasteiger partial charge in [0.1, 0.15) is 12.6 Å². The molecule has 7 heteroatoms. The SMILES string of the molecule is O=C(N[C@@H](Cc1ccc(C(F)F)cc1)C(=O)O)OCC1c2ccccc2-c2ccccc21. The van der Waals surface area contributed by atoms with Gasteiger partial charge in [0.25, 0.3) is 6.43 Å². The van der Waals surface area contributed by atoms with E-state index in [2.05, 4.69) is 5.32 Å². The number of hydrogen-bond acceptors (Lipinski definition) is 3. The van der Waals surface area contributed by atoms with Crippen molar-refractivity contribution in [1.82, 2.24) is 5.32 Å². The molecule has 2 N–H and O–H groups in total. The molecule has 0 fully saturated rings. The highest BCUT2D eigenvalue weighted by Crippen LogP contribution is 2.44. The first-order valence-electron chi connectivity index (χ1n) is 10.2. The zero-order chi connectivity index (χ0) is 22.7. The fraction of sp³-hybridized carbons (Fsp3) is 0.200. The Bertz CT molecular complexity index is 1090. The number of ether oxygens (including phenoxy) is 1. The molecule has 32 heavy (non-hydrogen) atoms. The van der Waals surface area contributed by atoms with Crippen LogP contribution in [0.1, 0.15) is 34.6 Å². The van der Waals surface area contributed by atoms with E-state index in [4.69, 9.17) is 4.74 Å². The molecule has 0 unspecified atom stereocenters. The minimum Gasteiger partial charge on any atom is -0.480 e. The van der Waals surface area contributed by atoms with Crippen molar-refractivity contribution in [3.8, 4) is 11.1 Å². The van der Waals surface area contributed by atoms with Gasteiger partial charge in [0.2, 0.25) is 0 Å². The number of benzene rings is 3. The number of alkyl halides is 2. The van der Waals surface area contributed by atoms with Gasteiger partial charge in [-0.15, -0.1) is 0 Å². The van der Waals surface area contributed by atoms with Crippen LogP contribution in [0.2, 0.25) is 0 Å². The average molecular weight is 437 g/mol. The van der Waals surface area contributed by atoms with Crippen molar-refractivity contribution < 1.29 is 28.2 Å². The summed E-state index contributed by atoms with van der Waals surface area (Å²) >= 11 is 0. The molecule has 0 bridgehead atoms. The number of carboxylic acids is 1. The van der Waals surface area contributed by atoms with E-state index < -0.39 is 24.5 Å². The van der Waals surface area contributed by atoms with E-state index in [-0.39, 0.29) is 24.5 Å². The molecule has 0 aromatic heterocycles. The second-order valence-corrected chi connectivity index (χ2v) is 7.61. The minimum absolute atomic E-state index is 0.0525. The molecule has 0 saturated carbocycles. The van der Waals surface area contributed by atoms with Gasteiger partial charge in [-0.05, 0) is 27.8 Å². The molecule has 0 saturated heterocycles. The quantitative estimate of drug-likeness (QED) is 0.536. The van der Waals surface area contributed by atoms with Crippen LogP contribution in [0.15, 0.2) is 72.8 Å². The topological polar surface area (TPSA) is 75.6 Å². The Labute approximate surface area is 183 Å². The van der Waals surface area contributed by atoms with Crippen LogP contribution in [0.3, 0.4) is 0 Å². The number of halogens is 2. The summed E-state index contributed by atoms with van der Waals surface area (Å²) < 4.78 is 30.8. The molecular weight excluding hydrogens is 416 g/mol. The Morgan fingerprint density at radius 1 is 0.906 bits per heavy atom. The Hall–Kier alpha value is -3.74. The number of fused-ring (bicyclic) bond motifs is 3. The van der Waals surface area contributed by atoms with Crippen LogP contribution < -0.4 is 5.32 Å². The van der Waals surface area contributed by atoms with Gasteiger partial charge in [0, 0.05) is 17.9 Å². The van der Waals surface area contributed by atoms with Crippen molar-refractivity contribution in [2.75, 3.05) is 6.61 Å². The number of carbonyl (C=O) groups is 2. The van der Waals surface area contributed by atoms with Crippen LogP contribution in [-0.4, -0.2) is 29.8 Å². The van der Waals surface area contributed by atoms with Crippen LogP contribution >= 0.6 is 0 Å². The van der Waals surface area contributed by atoms with Gasteiger partial charge in [-0.2, -0.15) is 0 Å². The number of carboxylic acid groups (broad SMARTS) is 1. The van der Waals surface area contributed by atoms with Crippen molar-refractivity contribution in [3.63, 3.8) is 0 Å². The van der Waals surface area contributed by atoms with Crippen molar-refractivity contribution >= 4 is 12.1 Å². The maximum atomic E-state index is 12.7. The molecule has 0 radical (unpaired) electrons. The molecule has 1 amide bonds. The van der Waals surface area contributed by atoms with E-state index in [1.807, 2.05) is 48.5 Å². The Kier molecular flexibility index (Phi) is 6.16. The van der Waals surface area contributed by atoms with Gasteiger partial charge in [-0.1, -0.05) is 72.8 Å². The number of alkyl carbamates (subject to hydrolysis) is 1. The second kappa shape index (κ2) is 9.18. The fourth-order valence-electron chi connectivity index (χ4n) is 4.02. The first-order chi connectivity index (χ1) is 15.4. The maximum Gasteiger partial charge on any atom is 0.407 e. The Morgan fingerprint density at radius 3 is 2.00 bits per heavy atom. The monoisotopic (exact) mass is 437 g/mol. The summed E-state index contributed by atoms with van der Waals surface area (Å²) in [5.74, 6) is -1.38. The predicted octanol–water partition coefficient (Wildman–Crippen LogP) is 5.16. The summed E-state index contributed by atoms with van der Waals surface area (Å²) in [6.45, 7) is 0.0648. The van der Waals surface area contributed by atoms with Gasteiger partial charge < -0.3 is 15.2 Å². The highest BCUT2D eigenvalue weighted by atomic mass is 19.3. The van der Waals surface area contributed by atoms with Gasteiger partial charge in [-0.3, -0.25) is 0 Å². The normalized spacial score (nSPS) is 13.3. The standard InChI is InChI=1S/C25H21F2NO4/c26-23(27)16-11-9-15(10-12-16)13-22(24(29)30)28-25(31)32-14-21-19-7-3-1-5-17(19)18-6-2-4-8-20(18)21/h1-12,21-23H,13-14H2,(H,28,31)(H,29,30)/t22-/m0/s1. The third kappa shape index (κ3) is 4.46. The van der Waals surface area contributed by atoms with Crippen molar-refractivity contribution in [1.29, 1.82) is 0 Å². The summed E-state index contributed by atoms with van der Waals surface area (Å²) in [5, 5.41) is 11.8. The van der Waals surface area contributed by atoms with E-state index in [0.29, 0.717) is 5.56 Å². The Morgan fingerprint density at radius 2 is 1.47 bits per heavy atom. The van der Waals surface area contributed by atoms with Gasteiger partial charge >= 0.3 is 12.1 Å². The van der Waals surface area contributed by atoms with Crippen LogP contribution in [0.25, 0.3) is 11.1 Å². The molecule has 5 nitrogen and oxygen atoms in total. The molecule has 0 aliphatic heterocycles. The number of hydrogen-bond donors (Lipinski definition) is 2. The zero-order valence-corrected chi connectivity index (χ0v) is 17.0. The summed E-state index contributed by atoms with van der Waals surface area (Å²) in [5.41, 5.74) is 4.65. The van der Waals surface area contributed by atoms with Gasteiger partial charge in [0.15, 0.2) is 0 Å². The smallest absolute Gasteiger partial charge is 0.407 e. The molecular formula is C25H21F2NO4. The first kappa shape index (κ1) is 21.5. The summed E-state index contributed by atoms with van der Waals surface area (Å²) in [7, 11) is 0. The Balaban J connectivity index is 1.41. The van der Waals surface area contributed by atoms with Crippen molar-refractivity contribution in [2.24, 2.45) is 0 Å². The lowest BCUT2D eigenvalue weighted by Crippen LogP contribution is -2.42. The maximum absolute atomic E-state index is 12.7. The third-order valence-corrected chi connectivity index (χ3v) is 5.61. The molecule has 164 valence electrons. The number of rotatable bonds is 7. The van der Waals surface area contributed by atoms with E-state index >= 15 is 0 Å². The molecule has 3 aromatic rings. The second-order valence-electron chi connectivity index (χ2n) is 7.61.